The third kappa shape index (κ3) is 4.34. The van der Waals surface area contributed by atoms with Crippen LogP contribution >= 0.6 is 0 Å². The molecule has 0 aromatic heterocycles. The van der Waals surface area contributed by atoms with E-state index in [4.69, 9.17) is 5.11 Å². The number of benzene rings is 1. The maximum absolute atomic E-state index is 11.9. The average molecular weight is 299 g/mol. The fourth-order valence-electron chi connectivity index (χ4n) is 1.64. The molecule has 0 fully saturated rings. The lowest BCUT2D eigenvalue weighted by atomic mass is 10.1. The number of carboxylic acids is 1. The number of hydrogen-bond acceptors (Lipinski definition) is 4. The highest BCUT2D eigenvalue weighted by atomic mass is 32.2. The molecule has 0 unspecified atom stereocenters. The summed E-state index contributed by atoms with van der Waals surface area (Å²) in [5.41, 5.74) is 0.222. The maximum Gasteiger partial charge on any atom is 0.326 e. The number of carbonyl (C=O) groups excluding carboxylic acids is 1. The van der Waals surface area contributed by atoms with Crippen molar-refractivity contribution in [2.75, 3.05) is 6.26 Å². The van der Waals surface area contributed by atoms with E-state index in [2.05, 4.69) is 5.32 Å². The highest BCUT2D eigenvalue weighted by molar-refractivity contribution is 7.90. The van der Waals surface area contributed by atoms with Crippen molar-refractivity contribution in [3.63, 3.8) is 0 Å². The van der Waals surface area contributed by atoms with Crippen LogP contribution in [0.1, 0.15) is 30.1 Å². The van der Waals surface area contributed by atoms with E-state index < -0.39 is 27.8 Å². The smallest absolute Gasteiger partial charge is 0.326 e. The second-order valence-corrected chi connectivity index (χ2v) is 6.47. The summed E-state index contributed by atoms with van der Waals surface area (Å²) in [6.45, 7) is 1.82. The summed E-state index contributed by atoms with van der Waals surface area (Å²) in [6, 6.07) is 4.41. The molecule has 6 nitrogen and oxygen atoms in total. The van der Waals surface area contributed by atoms with Gasteiger partial charge < -0.3 is 10.4 Å². The van der Waals surface area contributed by atoms with Crippen LogP contribution in [0.3, 0.4) is 0 Å². The number of hydrogen-bond donors (Lipinski definition) is 2. The van der Waals surface area contributed by atoms with Crippen LogP contribution in [0.15, 0.2) is 29.2 Å². The molecule has 1 aromatic rings. The van der Waals surface area contributed by atoms with Gasteiger partial charge in [-0.05, 0) is 30.7 Å². The number of sulfone groups is 1. The van der Waals surface area contributed by atoms with Crippen molar-refractivity contribution in [1.82, 2.24) is 5.32 Å². The van der Waals surface area contributed by atoms with E-state index in [9.17, 15) is 18.0 Å². The van der Waals surface area contributed by atoms with Crippen LogP contribution in [0.25, 0.3) is 0 Å². The lowest BCUT2D eigenvalue weighted by Crippen LogP contribution is -2.40. The van der Waals surface area contributed by atoms with Gasteiger partial charge in [-0.1, -0.05) is 13.3 Å². The largest absolute Gasteiger partial charge is 0.480 e. The Kier molecular flexibility index (Phi) is 5.26. The van der Waals surface area contributed by atoms with Gasteiger partial charge in [-0.15, -0.1) is 0 Å². The summed E-state index contributed by atoms with van der Waals surface area (Å²) < 4.78 is 22.6. The van der Waals surface area contributed by atoms with E-state index in [-0.39, 0.29) is 10.5 Å². The van der Waals surface area contributed by atoms with Crippen LogP contribution in [0.4, 0.5) is 0 Å². The summed E-state index contributed by atoms with van der Waals surface area (Å²) in [5.74, 6) is -1.63. The second-order valence-electron chi connectivity index (χ2n) is 4.45. The molecule has 0 saturated heterocycles. The van der Waals surface area contributed by atoms with Crippen molar-refractivity contribution in [3.8, 4) is 0 Å². The van der Waals surface area contributed by atoms with Gasteiger partial charge in [0.15, 0.2) is 9.84 Å². The second kappa shape index (κ2) is 6.51. The maximum atomic E-state index is 11.9. The van der Waals surface area contributed by atoms with E-state index >= 15 is 0 Å². The zero-order valence-corrected chi connectivity index (χ0v) is 12.1. The molecule has 1 atom stereocenters. The van der Waals surface area contributed by atoms with Crippen molar-refractivity contribution in [2.24, 2.45) is 0 Å². The molecule has 0 saturated carbocycles. The minimum Gasteiger partial charge on any atom is -0.480 e. The molecule has 110 valence electrons. The number of amides is 1. The lowest BCUT2D eigenvalue weighted by molar-refractivity contribution is -0.139. The van der Waals surface area contributed by atoms with Gasteiger partial charge in [0.25, 0.3) is 5.91 Å². The molecule has 1 amide bonds. The molecule has 1 aromatic carbocycles. The third-order valence-electron chi connectivity index (χ3n) is 2.73. The van der Waals surface area contributed by atoms with Gasteiger partial charge in [-0.2, -0.15) is 0 Å². The standard InChI is InChI=1S/C13H17NO5S/c1-3-4-11(13(16)17)14-12(15)9-5-7-10(8-6-9)20(2,18)19/h5-8,11H,3-4H2,1-2H3,(H,14,15)(H,16,17)/t11-/m0/s1. The van der Waals surface area contributed by atoms with E-state index in [0.29, 0.717) is 12.8 Å². The molecular formula is C13H17NO5S. The Balaban J connectivity index is 2.85. The lowest BCUT2D eigenvalue weighted by Gasteiger charge is -2.13. The molecule has 0 bridgehead atoms. The predicted molar refractivity (Wildman–Crippen MR) is 73.3 cm³/mol. The molecule has 0 radical (unpaired) electrons. The highest BCUT2D eigenvalue weighted by Gasteiger charge is 2.19. The fourth-order valence-corrected chi connectivity index (χ4v) is 2.27. The Hall–Kier alpha value is -1.89. The normalized spacial score (nSPS) is 12.7. The van der Waals surface area contributed by atoms with Crippen molar-refractivity contribution < 1.29 is 23.1 Å². The molecular weight excluding hydrogens is 282 g/mol. The first-order chi connectivity index (χ1) is 9.25. The van der Waals surface area contributed by atoms with Crippen molar-refractivity contribution in [1.29, 1.82) is 0 Å². The van der Waals surface area contributed by atoms with Gasteiger partial charge in [0.1, 0.15) is 6.04 Å². The molecule has 0 spiro atoms. The molecule has 0 heterocycles. The molecule has 7 heteroatoms. The fraction of sp³-hybridized carbons (Fsp3) is 0.385. The summed E-state index contributed by atoms with van der Waals surface area (Å²) in [4.78, 5) is 22.9. The van der Waals surface area contributed by atoms with Crippen LogP contribution in [-0.2, 0) is 14.6 Å². The zero-order valence-electron chi connectivity index (χ0n) is 11.3. The van der Waals surface area contributed by atoms with Gasteiger partial charge >= 0.3 is 5.97 Å². The first kappa shape index (κ1) is 16.2. The topological polar surface area (TPSA) is 101 Å². The predicted octanol–water partition coefficient (Wildman–Crippen LogP) is 1.07. The van der Waals surface area contributed by atoms with Crippen molar-refractivity contribution in [3.05, 3.63) is 29.8 Å². The molecule has 2 N–H and O–H groups in total. The zero-order chi connectivity index (χ0) is 15.3. The molecule has 20 heavy (non-hydrogen) atoms. The van der Waals surface area contributed by atoms with Crippen molar-refractivity contribution in [2.45, 2.75) is 30.7 Å². The Labute approximate surface area is 117 Å². The Morgan fingerprint density at radius 1 is 1.25 bits per heavy atom. The number of aliphatic carboxylic acids is 1. The molecule has 0 aliphatic heterocycles. The summed E-state index contributed by atoms with van der Waals surface area (Å²) in [6.07, 6.45) is 2.04. The van der Waals surface area contributed by atoms with Crippen LogP contribution < -0.4 is 5.32 Å². The van der Waals surface area contributed by atoms with Gasteiger partial charge in [-0.3, -0.25) is 4.79 Å². The number of carbonyl (C=O) groups is 2. The minimum atomic E-state index is -3.32. The number of nitrogens with one attached hydrogen (secondary N) is 1. The summed E-state index contributed by atoms with van der Waals surface area (Å²) >= 11 is 0. The van der Waals surface area contributed by atoms with Gasteiger partial charge in [0, 0.05) is 11.8 Å². The van der Waals surface area contributed by atoms with Crippen LogP contribution in [0.2, 0.25) is 0 Å². The molecule has 0 aliphatic rings. The van der Waals surface area contributed by atoms with Crippen molar-refractivity contribution >= 4 is 21.7 Å². The number of carboxylic acid groups (broad SMARTS) is 1. The van der Waals surface area contributed by atoms with E-state index in [1.807, 2.05) is 6.92 Å². The summed E-state index contributed by atoms with van der Waals surface area (Å²) in [5, 5.41) is 11.4. The van der Waals surface area contributed by atoms with Crippen LogP contribution in [0, 0.1) is 0 Å². The van der Waals surface area contributed by atoms with E-state index in [0.717, 1.165) is 6.26 Å². The van der Waals surface area contributed by atoms with E-state index in [1.54, 1.807) is 0 Å². The Bertz CT molecular complexity index is 592. The minimum absolute atomic E-state index is 0.109. The first-order valence-electron chi connectivity index (χ1n) is 6.09. The Morgan fingerprint density at radius 3 is 2.20 bits per heavy atom. The third-order valence-corrected chi connectivity index (χ3v) is 3.85. The average Bonchev–Trinajstić information content (AvgIpc) is 2.37. The van der Waals surface area contributed by atoms with Gasteiger partial charge in [-0.25, -0.2) is 13.2 Å². The van der Waals surface area contributed by atoms with Gasteiger partial charge in [0.2, 0.25) is 0 Å². The van der Waals surface area contributed by atoms with Gasteiger partial charge in [0.05, 0.1) is 4.90 Å². The monoisotopic (exact) mass is 299 g/mol. The Morgan fingerprint density at radius 2 is 1.80 bits per heavy atom. The summed E-state index contributed by atoms with van der Waals surface area (Å²) in [7, 11) is -3.32. The van der Waals surface area contributed by atoms with Crippen LogP contribution in [0.5, 0.6) is 0 Å². The quantitative estimate of drug-likeness (QED) is 0.818. The molecule has 1 rings (SSSR count). The van der Waals surface area contributed by atoms with E-state index in [1.165, 1.54) is 24.3 Å². The van der Waals surface area contributed by atoms with Crippen LogP contribution in [-0.4, -0.2) is 37.7 Å². The first-order valence-corrected chi connectivity index (χ1v) is 7.98. The number of rotatable bonds is 6. The SMILES string of the molecule is CCC[C@H](NC(=O)c1ccc(S(C)(=O)=O)cc1)C(=O)O. The molecule has 0 aliphatic carbocycles. The highest BCUT2D eigenvalue weighted by Crippen LogP contribution is 2.10.